The Labute approximate surface area is 99.3 Å². The molecule has 0 saturated carbocycles. The SMILES string of the molecule is CNC1CCN(C(C)CS(C)(=O)=O)C(C)C1. The van der Waals surface area contributed by atoms with E-state index in [2.05, 4.69) is 17.1 Å². The van der Waals surface area contributed by atoms with Gasteiger partial charge in [-0.2, -0.15) is 0 Å². The van der Waals surface area contributed by atoms with Crippen LogP contribution in [0.15, 0.2) is 0 Å². The van der Waals surface area contributed by atoms with E-state index in [1.807, 2.05) is 14.0 Å². The minimum atomic E-state index is -2.87. The van der Waals surface area contributed by atoms with Crippen LogP contribution in [0.4, 0.5) is 0 Å². The van der Waals surface area contributed by atoms with Gasteiger partial charge in [0, 0.05) is 30.9 Å². The van der Waals surface area contributed by atoms with E-state index < -0.39 is 9.84 Å². The molecule has 1 aliphatic rings. The van der Waals surface area contributed by atoms with E-state index in [1.54, 1.807) is 0 Å². The zero-order valence-electron chi connectivity index (χ0n) is 10.7. The van der Waals surface area contributed by atoms with Crippen LogP contribution in [0.2, 0.25) is 0 Å². The minimum absolute atomic E-state index is 0.128. The summed E-state index contributed by atoms with van der Waals surface area (Å²) in [6.07, 6.45) is 3.52. The van der Waals surface area contributed by atoms with Gasteiger partial charge in [-0.3, -0.25) is 4.90 Å². The van der Waals surface area contributed by atoms with E-state index in [0.717, 1.165) is 19.4 Å². The molecule has 1 fully saturated rings. The van der Waals surface area contributed by atoms with Gasteiger partial charge in [0.2, 0.25) is 0 Å². The second-order valence-corrected chi connectivity index (χ2v) is 7.22. The molecule has 0 aromatic carbocycles. The zero-order valence-corrected chi connectivity index (χ0v) is 11.5. The summed E-state index contributed by atoms with van der Waals surface area (Å²) in [5.74, 6) is 0.265. The van der Waals surface area contributed by atoms with Crippen molar-refractivity contribution < 1.29 is 8.42 Å². The molecule has 0 aromatic heterocycles. The van der Waals surface area contributed by atoms with Gasteiger partial charge in [0.15, 0.2) is 0 Å². The van der Waals surface area contributed by atoms with E-state index >= 15 is 0 Å². The third-order valence-corrected chi connectivity index (χ3v) is 4.53. The van der Waals surface area contributed by atoms with E-state index in [9.17, 15) is 8.42 Å². The Balaban J connectivity index is 2.55. The van der Waals surface area contributed by atoms with Crippen LogP contribution in [0, 0.1) is 0 Å². The number of nitrogens with zero attached hydrogens (tertiary/aromatic N) is 1. The molecule has 0 bridgehead atoms. The molecule has 1 aliphatic heterocycles. The third kappa shape index (κ3) is 4.03. The predicted octanol–water partition coefficient (Wildman–Crippen LogP) is 0.492. The Morgan fingerprint density at radius 2 is 2.12 bits per heavy atom. The van der Waals surface area contributed by atoms with Gasteiger partial charge in [-0.15, -0.1) is 0 Å². The van der Waals surface area contributed by atoms with Gasteiger partial charge in [-0.25, -0.2) is 8.42 Å². The summed E-state index contributed by atoms with van der Waals surface area (Å²) >= 11 is 0. The summed E-state index contributed by atoms with van der Waals surface area (Å²) < 4.78 is 22.5. The van der Waals surface area contributed by atoms with Crippen molar-refractivity contribution in [2.45, 2.75) is 44.8 Å². The molecule has 1 rings (SSSR count). The molecule has 0 amide bonds. The van der Waals surface area contributed by atoms with Crippen LogP contribution in [-0.2, 0) is 9.84 Å². The second kappa shape index (κ2) is 5.47. The summed E-state index contributed by atoms with van der Waals surface area (Å²) in [5.41, 5.74) is 0. The van der Waals surface area contributed by atoms with Gasteiger partial charge in [0.25, 0.3) is 0 Å². The Morgan fingerprint density at radius 3 is 2.56 bits per heavy atom. The Bertz CT molecular complexity index is 316. The van der Waals surface area contributed by atoms with Crippen molar-refractivity contribution in [3.8, 4) is 0 Å². The molecule has 5 heteroatoms. The average Bonchev–Trinajstić information content (AvgIpc) is 2.14. The molecule has 3 atom stereocenters. The topological polar surface area (TPSA) is 49.4 Å². The van der Waals surface area contributed by atoms with Crippen LogP contribution in [0.3, 0.4) is 0 Å². The number of piperidine rings is 1. The second-order valence-electron chi connectivity index (χ2n) is 5.04. The van der Waals surface area contributed by atoms with Crippen molar-refractivity contribution in [2.75, 3.05) is 25.6 Å². The van der Waals surface area contributed by atoms with Crippen molar-refractivity contribution in [1.29, 1.82) is 0 Å². The molecule has 0 aliphatic carbocycles. The van der Waals surface area contributed by atoms with Crippen LogP contribution in [-0.4, -0.2) is 57.0 Å². The molecule has 4 nitrogen and oxygen atoms in total. The molecule has 3 unspecified atom stereocenters. The van der Waals surface area contributed by atoms with Gasteiger partial charge < -0.3 is 5.32 Å². The molecule has 96 valence electrons. The summed E-state index contributed by atoms with van der Waals surface area (Å²) in [4.78, 5) is 2.31. The zero-order chi connectivity index (χ0) is 12.3. The van der Waals surface area contributed by atoms with Gasteiger partial charge in [-0.05, 0) is 33.7 Å². The number of hydrogen-bond acceptors (Lipinski definition) is 4. The number of sulfone groups is 1. The first-order valence-electron chi connectivity index (χ1n) is 5.94. The maximum atomic E-state index is 11.3. The highest BCUT2D eigenvalue weighted by atomic mass is 32.2. The quantitative estimate of drug-likeness (QED) is 0.787. The van der Waals surface area contributed by atoms with Crippen LogP contribution in [0.1, 0.15) is 26.7 Å². The largest absolute Gasteiger partial charge is 0.317 e. The average molecular weight is 248 g/mol. The smallest absolute Gasteiger partial charge is 0.148 e. The van der Waals surface area contributed by atoms with Crippen molar-refractivity contribution in [3.05, 3.63) is 0 Å². The first-order valence-corrected chi connectivity index (χ1v) is 8.00. The predicted molar refractivity (Wildman–Crippen MR) is 67.4 cm³/mol. The molecule has 1 heterocycles. The van der Waals surface area contributed by atoms with Crippen LogP contribution < -0.4 is 5.32 Å². The first-order chi connectivity index (χ1) is 7.33. The fourth-order valence-electron chi connectivity index (χ4n) is 2.64. The number of likely N-dealkylation sites (tertiary alicyclic amines) is 1. The molecular weight excluding hydrogens is 224 g/mol. The fourth-order valence-corrected chi connectivity index (χ4v) is 3.71. The van der Waals surface area contributed by atoms with Gasteiger partial charge in [0.05, 0.1) is 5.75 Å². The third-order valence-electron chi connectivity index (χ3n) is 3.45. The molecule has 0 radical (unpaired) electrons. The van der Waals surface area contributed by atoms with E-state index in [1.165, 1.54) is 6.26 Å². The maximum Gasteiger partial charge on any atom is 0.148 e. The Kier molecular flexibility index (Phi) is 4.76. The molecule has 0 aromatic rings. The van der Waals surface area contributed by atoms with E-state index in [-0.39, 0.29) is 11.8 Å². The number of hydrogen-bond donors (Lipinski definition) is 1. The number of nitrogens with one attached hydrogen (secondary N) is 1. The normalized spacial score (nSPS) is 30.2. The lowest BCUT2D eigenvalue weighted by Gasteiger charge is -2.41. The Morgan fingerprint density at radius 1 is 1.50 bits per heavy atom. The van der Waals surface area contributed by atoms with Crippen molar-refractivity contribution >= 4 is 9.84 Å². The van der Waals surface area contributed by atoms with E-state index in [0.29, 0.717) is 12.1 Å². The van der Waals surface area contributed by atoms with Crippen molar-refractivity contribution in [2.24, 2.45) is 0 Å². The van der Waals surface area contributed by atoms with Crippen LogP contribution >= 0.6 is 0 Å². The Hall–Kier alpha value is -0.130. The lowest BCUT2D eigenvalue weighted by molar-refractivity contribution is 0.107. The van der Waals surface area contributed by atoms with Crippen molar-refractivity contribution in [1.82, 2.24) is 10.2 Å². The van der Waals surface area contributed by atoms with Gasteiger partial charge in [0.1, 0.15) is 9.84 Å². The molecule has 1 saturated heterocycles. The molecular formula is C11H24N2O2S. The monoisotopic (exact) mass is 248 g/mol. The number of rotatable bonds is 4. The van der Waals surface area contributed by atoms with E-state index in [4.69, 9.17) is 0 Å². The lowest BCUT2D eigenvalue weighted by atomic mass is 9.97. The van der Waals surface area contributed by atoms with Gasteiger partial charge in [-0.1, -0.05) is 0 Å². The highest BCUT2D eigenvalue weighted by Gasteiger charge is 2.29. The highest BCUT2D eigenvalue weighted by molar-refractivity contribution is 7.90. The van der Waals surface area contributed by atoms with Crippen LogP contribution in [0.5, 0.6) is 0 Å². The standard InChI is InChI=1S/C11H24N2O2S/c1-9-7-11(12-3)5-6-13(9)10(2)8-16(4,14)15/h9-12H,5-8H2,1-4H3. The summed E-state index contributed by atoms with van der Waals surface area (Å²) in [5, 5.41) is 3.30. The molecule has 16 heavy (non-hydrogen) atoms. The first kappa shape index (κ1) is 13.9. The highest BCUT2D eigenvalue weighted by Crippen LogP contribution is 2.20. The summed E-state index contributed by atoms with van der Waals surface area (Å²) in [6.45, 7) is 5.18. The van der Waals surface area contributed by atoms with Gasteiger partial charge >= 0.3 is 0 Å². The minimum Gasteiger partial charge on any atom is -0.317 e. The molecule has 1 N–H and O–H groups in total. The van der Waals surface area contributed by atoms with Crippen LogP contribution in [0.25, 0.3) is 0 Å². The van der Waals surface area contributed by atoms with Crippen molar-refractivity contribution in [3.63, 3.8) is 0 Å². The lowest BCUT2D eigenvalue weighted by Crippen LogP contribution is -2.51. The summed E-state index contributed by atoms with van der Waals surface area (Å²) in [7, 11) is -0.879. The fraction of sp³-hybridized carbons (Fsp3) is 1.00. The maximum absolute atomic E-state index is 11.3. The summed E-state index contributed by atoms with van der Waals surface area (Å²) in [6, 6.07) is 1.17. The molecule has 0 spiro atoms.